The summed E-state index contributed by atoms with van der Waals surface area (Å²) in [5.41, 5.74) is -8.80. The second kappa shape index (κ2) is 10.1. The molecule has 13 heteroatoms. The van der Waals surface area contributed by atoms with Gasteiger partial charge in [-0.2, -0.15) is 39.5 Å². The number of rotatable bonds is 6. The van der Waals surface area contributed by atoms with Crippen molar-refractivity contribution in [2.24, 2.45) is 58.7 Å². The number of esters is 1. The van der Waals surface area contributed by atoms with Crippen molar-refractivity contribution in [3.63, 3.8) is 0 Å². The quantitative estimate of drug-likeness (QED) is 0.234. The highest BCUT2D eigenvalue weighted by atomic mass is 19.4. The van der Waals surface area contributed by atoms with Crippen molar-refractivity contribution in [3.05, 3.63) is 0 Å². The van der Waals surface area contributed by atoms with Gasteiger partial charge in [-0.15, -0.1) is 0 Å². The third-order valence-electron chi connectivity index (χ3n) is 13.1. The van der Waals surface area contributed by atoms with Gasteiger partial charge < -0.3 is 14.6 Å². The van der Waals surface area contributed by atoms with Crippen LogP contribution >= 0.6 is 0 Å². The Hall–Kier alpha value is -1.24. The topological polar surface area (TPSA) is 55.8 Å². The third-order valence-corrected chi connectivity index (χ3v) is 13.1. The summed E-state index contributed by atoms with van der Waals surface area (Å²) in [5, 5.41) is 9.83. The number of hydrogen-bond donors (Lipinski definition) is 1. The normalized spacial score (nSPS) is 44.9. The number of hydrogen-bond acceptors (Lipinski definition) is 4. The van der Waals surface area contributed by atoms with E-state index in [1.54, 1.807) is 13.8 Å². The zero-order chi connectivity index (χ0) is 32.4. The molecule has 6 saturated carbocycles. The van der Waals surface area contributed by atoms with Gasteiger partial charge in [-0.1, -0.05) is 6.92 Å². The summed E-state index contributed by atoms with van der Waals surface area (Å²) >= 11 is 0. The van der Waals surface area contributed by atoms with Crippen LogP contribution < -0.4 is 0 Å². The van der Waals surface area contributed by atoms with Crippen LogP contribution in [-0.4, -0.2) is 53.0 Å². The molecular formula is C31H41F9O4. The van der Waals surface area contributed by atoms with Crippen molar-refractivity contribution in [2.45, 2.75) is 127 Å². The van der Waals surface area contributed by atoms with Gasteiger partial charge in [-0.3, -0.25) is 4.79 Å². The van der Waals surface area contributed by atoms with Crippen LogP contribution in [0.1, 0.15) is 85.0 Å². The third kappa shape index (κ3) is 4.89. The molecule has 1 saturated heterocycles. The molecule has 0 amide bonds. The lowest BCUT2D eigenvalue weighted by atomic mass is 9.50. The lowest BCUT2D eigenvalue weighted by Crippen LogP contribution is -2.60. The van der Waals surface area contributed by atoms with Crippen molar-refractivity contribution in [1.29, 1.82) is 0 Å². The first-order valence-corrected chi connectivity index (χ1v) is 15.9. The van der Waals surface area contributed by atoms with Crippen LogP contribution in [0.15, 0.2) is 0 Å². The second-order valence-corrected chi connectivity index (χ2v) is 15.6. The van der Waals surface area contributed by atoms with Crippen LogP contribution in [0.3, 0.4) is 0 Å². The van der Waals surface area contributed by atoms with E-state index < -0.39 is 83.9 Å². The van der Waals surface area contributed by atoms with Crippen LogP contribution in [0.4, 0.5) is 39.5 Å². The number of carbonyl (C=O) groups is 1. The van der Waals surface area contributed by atoms with Gasteiger partial charge in [0, 0.05) is 0 Å². The molecule has 7 rings (SSSR count). The first-order chi connectivity index (χ1) is 20.1. The maximum absolute atomic E-state index is 14.8. The SMILES string of the molecule is CC1CC2C3CC(CC(O)(C(F)(F)F)C(F)(F)F)C(C3)C2OC1CC(C)(C(=O)OC1(C)C2CC3CC(C2)CC1C3)C(F)(F)F. The molecule has 7 fully saturated rings. The molecule has 0 spiro atoms. The van der Waals surface area contributed by atoms with Crippen molar-refractivity contribution in [1.82, 2.24) is 0 Å². The van der Waals surface area contributed by atoms with E-state index in [1.807, 2.05) is 0 Å². The zero-order valence-electron chi connectivity index (χ0n) is 25.0. The number of alkyl halides is 9. The van der Waals surface area contributed by atoms with Gasteiger partial charge in [0.1, 0.15) is 5.60 Å². The van der Waals surface area contributed by atoms with Crippen molar-refractivity contribution in [3.8, 4) is 0 Å². The highest BCUT2D eigenvalue weighted by molar-refractivity contribution is 5.78. The Morgan fingerprint density at radius 3 is 1.84 bits per heavy atom. The molecule has 1 aliphatic heterocycles. The zero-order valence-corrected chi connectivity index (χ0v) is 25.0. The van der Waals surface area contributed by atoms with Gasteiger partial charge >= 0.3 is 24.5 Å². The van der Waals surface area contributed by atoms with Crippen LogP contribution in [0.25, 0.3) is 0 Å². The van der Waals surface area contributed by atoms with E-state index in [4.69, 9.17) is 9.47 Å². The summed E-state index contributed by atoms with van der Waals surface area (Å²) < 4.78 is 137. The van der Waals surface area contributed by atoms with E-state index in [0.29, 0.717) is 18.3 Å². The predicted molar refractivity (Wildman–Crippen MR) is 138 cm³/mol. The van der Waals surface area contributed by atoms with Gasteiger partial charge in [0.15, 0.2) is 5.41 Å². The maximum Gasteiger partial charge on any atom is 0.426 e. The molecule has 0 radical (unpaired) electrons. The molecule has 0 aromatic heterocycles. The Kier molecular flexibility index (Phi) is 7.53. The minimum absolute atomic E-state index is 0.00353. The van der Waals surface area contributed by atoms with Crippen LogP contribution in [0.2, 0.25) is 0 Å². The van der Waals surface area contributed by atoms with Gasteiger partial charge in [0.05, 0.1) is 12.2 Å². The molecule has 44 heavy (non-hydrogen) atoms. The monoisotopic (exact) mass is 648 g/mol. The Morgan fingerprint density at radius 2 is 1.34 bits per heavy atom. The standard InChI is InChI=1S/C31H41F9O4/c1-14-4-21-17-10-18(12-28(42,30(35,36)37)31(38,39)40)22(11-17)24(21)43-23(14)13-26(2,29(32,33)34)25(41)44-27(3)19-6-15-5-16(8-19)9-20(27)7-15/h14-24,42H,4-13H2,1-3H3. The summed E-state index contributed by atoms with van der Waals surface area (Å²) in [6.45, 7) is 4.28. The van der Waals surface area contributed by atoms with Gasteiger partial charge in [-0.25, -0.2) is 0 Å². The average Bonchev–Trinajstić information content (AvgIpc) is 3.43. The van der Waals surface area contributed by atoms with Crippen LogP contribution in [0, 0.1) is 58.7 Å². The van der Waals surface area contributed by atoms with E-state index in [-0.39, 0.29) is 36.5 Å². The number of fused-ring (bicyclic) bond motifs is 5. The Balaban J connectivity index is 1.19. The predicted octanol–water partition coefficient (Wildman–Crippen LogP) is 8.01. The number of halogens is 9. The number of carbonyl (C=O) groups excluding carboxylic acids is 1. The van der Waals surface area contributed by atoms with Gasteiger partial charge in [-0.05, 0) is 131 Å². The van der Waals surface area contributed by atoms with E-state index in [1.165, 1.54) is 0 Å². The van der Waals surface area contributed by atoms with E-state index >= 15 is 0 Å². The summed E-state index contributed by atoms with van der Waals surface area (Å²) in [4.78, 5) is 13.6. The fourth-order valence-corrected chi connectivity index (χ4v) is 10.6. The highest BCUT2D eigenvalue weighted by Gasteiger charge is 2.72. The van der Waals surface area contributed by atoms with E-state index in [0.717, 1.165) is 39.0 Å². The molecule has 0 aromatic rings. The molecule has 7 aliphatic rings. The Bertz CT molecular complexity index is 1090. The van der Waals surface area contributed by atoms with Crippen LogP contribution in [-0.2, 0) is 14.3 Å². The Morgan fingerprint density at radius 1 is 0.795 bits per heavy atom. The minimum Gasteiger partial charge on any atom is -0.458 e. The first kappa shape index (κ1) is 32.7. The molecule has 0 aromatic carbocycles. The second-order valence-electron chi connectivity index (χ2n) is 15.6. The van der Waals surface area contributed by atoms with Crippen molar-refractivity contribution < 1.29 is 58.9 Å². The molecule has 8 atom stereocenters. The minimum atomic E-state index is -5.94. The van der Waals surface area contributed by atoms with Crippen molar-refractivity contribution in [2.75, 3.05) is 0 Å². The van der Waals surface area contributed by atoms with E-state index in [9.17, 15) is 49.4 Å². The summed E-state index contributed by atoms with van der Waals surface area (Å²) in [6.07, 6.45) is -16.0. The molecule has 252 valence electrons. The summed E-state index contributed by atoms with van der Waals surface area (Å²) in [7, 11) is 0. The smallest absolute Gasteiger partial charge is 0.426 e. The summed E-state index contributed by atoms with van der Waals surface area (Å²) in [5.74, 6) is -3.16. The molecule has 4 nitrogen and oxygen atoms in total. The number of ether oxygens (including phenoxy) is 2. The van der Waals surface area contributed by atoms with Gasteiger partial charge in [0.2, 0.25) is 0 Å². The molecule has 1 N–H and O–H groups in total. The summed E-state index contributed by atoms with van der Waals surface area (Å²) in [6, 6.07) is 0. The largest absolute Gasteiger partial charge is 0.458 e. The lowest BCUT2D eigenvalue weighted by Gasteiger charge is -2.59. The molecule has 8 unspecified atom stereocenters. The highest BCUT2D eigenvalue weighted by Crippen LogP contribution is 2.63. The molecule has 6 bridgehead atoms. The van der Waals surface area contributed by atoms with Crippen LogP contribution in [0.5, 0.6) is 0 Å². The number of aliphatic hydroxyl groups is 1. The first-order valence-electron chi connectivity index (χ1n) is 15.9. The molecule has 1 heterocycles. The van der Waals surface area contributed by atoms with E-state index in [2.05, 4.69) is 0 Å². The molecular weight excluding hydrogens is 607 g/mol. The average molecular weight is 649 g/mol. The maximum atomic E-state index is 14.8. The molecule has 6 aliphatic carbocycles. The lowest BCUT2D eigenvalue weighted by molar-refractivity contribution is -0.374. The fraction of sp³-hybridized carbons (Fsp3) is 0.968. The Labute approximate surface area is 250 Å². The van der Waals surface area contributed by atoms with Gasteiger partial charge in [0.25, 0.3) is 5.60 Å². The fourth-order valence-electron chi connectivity index (χ4n) is 10.6. The van der Waals surface area contributed by atoms with Crippen molar-refractivity contribution >= 4 is 5.97 Å².